The van der Waals surface area contributed by atoms with E-state index in [1.54, 1.807) is 11.3 Å². The van der Waals surface area contributed by atoms with Crippen molar-refractivity contribution in [3.05, 3.63) is 70.2 Å². The number of aromatic nitrogens is 1. The number of benzene rings is 1. The van der Waals surface area contributed by atoms with E-state index in [2.05, 4.69) is 33.8 Å². The van der Waals surface area contributed by atoms with Crippen LogP contribution in [0.5, 0.6) is 0 Å². The van der Waals surface area contributed by atoms with Crippen molar-refractivity contribution in [2.24, 2.45) is 0 Å². The number of amides is 1. The first kappa shape index (κ1) is 17.8. The van der Waals surface area contributed by atoms with Gasteiger partial charge in [0, 0.05) is 35.5 Å². The topological polar surface area (TPSA) is 46.5 Å². The Kier molecular flexibility index (Phi) is 5.27. The highest BCUT2D eigenvalue weighted by Gasteiger charge is 2.15. The fourth-order valence-electron chi connectivity index (χ4n) is 3.32. The molecule has 5 nitrogen and oxygen atoms in total. The van der Waals surface area contributed by atoms with E-state index in [-0.39, 0.29) is 5.91 Å². The van der Waals surface area contributed by atoms with Gasteiger partial charge in [-0.2, -0.15) is 0 Å². The second-order valence-electron chi connectivity index (χ2n) is 6.65. The number of nitrogens with one attached hydrogen (secondary N) is 1. The first-order valence-electron chi connectivity index (χ1n) is 9.13. The predicted molar refractivity (Wildman–Crippen MR) is 110 cm³/mol. The minimum atomic E-state index is -0.0845. The second kappa shape index (κ2) is 7.98. The molecule has 0 spiro atoms. The second-order valence-corrected chi connectivity index (χ2v) is 7.69. The van der Waals surface area contributed by atoms with E-state index in [1.807, 2.05) is 42.0 Å². The maximum atomic E-state index is 12.8. The molecule has 1 amide bonds. The third kappa shape index (κ3) is 4.07. The summed E-state index contributed by atoms with van der Waals surface area (Å²) < 4.78 is 7.40. The van der Waals surface area contributed by atoms with Gasteiger partial charge in [-0.1, -0.05) is 6.07 Å². The molecule has 1 aliphatic rings. The zero-order valence-electron chi connectivity index (χ0n) is 15.4. The molecule has 0 aliphatic carbocycles. The molecule has 3 heterocycles. The van der Waals surface area contributed by atoms with E-state index in [4.69, 9.17) is 4.74 Å². The van der Waals surface area contributed by atoms with E-state index in [1.165, 1.54) is 10.6 Å². The Bertz CT molecular complexity index is 911. The number of rotatable bonds is 5. The van der Waals surface area contributed by atoms with Crippen molar-refractivity contribution >= 4 is 28.6 Å². The summed E-state index contributed by atoms with van der Waals surface area (Å²) in [6.07, 6.45) is 1.95. The lowest BCUT2D eigenvalue weighted by Crippen LogP contribution is -2.36. The summed E-state index contributed by atoms with van der Waals surface area (Å²) in [4.78, 5) is 16.3. The smallest absolute Gasteiger partial charge is 0.272 e. The average molecular weight is 382 g/mol. The van der Waals surface area contributed by atoms with Crippen molar-refractivity contribution < 1.29 is 9.53 Å². The Labute approximate surface area is 163 Å². The SMILES string of the molecule is Cc1cc(N2CCOCC2)ccc1NC(=O)c1cccn1Cc1cccs1. The maximum absolute atomic E-state index is 12.8. The molecule has 4 rings (SSSR count). The standard InChI is InChI=1S/C21H23N3O2S/c1-16-14-17(23-9-11-26-12-10-23)6-7-19(16)22-21(25)20-5-2-8-24(20)15-18-4-3-13-27-18/h2-8,13-14H,9-12,15H2,1H3,(H,22,25). The number of nitrogens with zero attached hydrogens (tertiary/aromatic N) is 2. The molecule has 27 heavy (non-hydrogen) atoms. The zero-order chi connectivity index (χ0) is 18.6. The van der Waals surface area contributed by atoms with Crippen LogP contribution in [0.2, 0.25) is 0 Å². The van der Waals surface area contributed by atoms with E-state index in [9.17, 15) is 4.79 Å². The summed E-state index contributed by atoms with van der Waals surface area (Å²) in [6, 6.07) is 14.1. The van der Waals surface area contributed by atoms with Gasteiger partial charge in [0.2, 0.25) is 0 Å². The number of hydrogen-bond acceptors (Lipinski definition) is 4. The molecule has 1 fully saturated rings. The fraction of sp³-hybridized carbons (Fsp3) is 0.286. The molecular weight excluding hydrogens is 358 g/mol. The minimum absolute atomic E-state index is 0.0845. The summed E-state index contributed by atoms with van der Waals surface area (Å²) in [7, 11) is 0. The summed E-state index contributed by atoms with van der Waals surface area (Å²) in [5.41, 5.74) is 3.75. The quantitative estimate of drug-likeness (QED) is 0.727. The largest absolute Gasteiger partial charge is 0.378 e. The number of ether oxygens (including phenoxy) is 1. The molecule has 6 heteroatoms. The average Bonchev–Trinajstić information content (AvgIpc) is 3.36. The summed E-state index contributed by atoms with van der Waals surface area (Å²) in [6.45, 7) is 6.08. The summed E-state index contributed by atoms with van der Waals surface area (Å²) >= 11 is 1.70. The molecule has 3 aromatic rings. The van der Waals surface area contributed by atoms with E-state index in [0.29, 0.717) is 12.2 Å². The molecule has 0 bridgehead atoms. The number of carbonyl (C=O) groups excluding carboxylic acids is 1. The predicted octanol–water partition coefficient (Wildman–Crippen LogP) is 4.00. The highest BCUT2D eigenvalue weighted by Crippen LogP contribution is 2.24. The molecule has 0 saturated carbocycles. The van der Waals surface area contributed by atoms with Gasteiger partial charge in [-0.05, 0) is 54.3 Å². The van der Waals surface area contributed by atoms with Crippen LogP contribution in [0.25, 0.3) is 0 Å². The number of hydrogen-bond donors (Lipinski definition) is 1. The van der Waals surface area contributed by atoms with Gasteiger partial charge < -0.3 is 19.5 Å². The lowest BCUT2D eigenvalue weighted by atomic mass is 10.1. The van der Waals surface area contributed by atoms with Crippen molar-refractivity contribution in [2.45, 2.75) is 13.5 Å². The van der Waals surface area contributed by atoms with Crippen LogP contribution in [0, 0.1) is 6.92 Å². The molecule has 1 N–H and O–H groups in total. The van der Waals surface area contributed by atoms with Crippen LogP contribution in [0.3, 0.4) is 0 Å². The van der Waals surface area contributed by atoms with Crippen LogP contribution in [0.15, 0.2) is 54.0 Å². The van der Waals surface area contributed by atoms with Crippen molar-refractivity contribution in [3.8, 4) is 0 Å². The molecule has 1 aliphatic heterocycles. The Morgan fingerprint density at radius 2 is 2.04 bits per heavy atom. The van der Waals surface area contributed by atoms with Gasteiger partial charge in [0.25, 0.3) is 5.91 Å². The van der Waals surface area contributed by atoms with Gasteiger partial charge in [-0.25, -0.2) is 0 Å². The molecular formula is C21H23N3O2S. The van der Waals surface area contributed by atoms with Crippen molar-refractivity contribution in [1.82, 2.24) is 4.57 Å². The summed E-state index contributed by atoms with van der Waals surface area (Å²) in [5, 5.41) is 5.12. The highest BCUT2D eigenvalue weighted by atomic mass is 32.1. The number of anilines is 2. The first-order chi connectivity index (χ1) is 13.2. The van der Waals surface area contributed by atoms with Gasteiger partial charge >= 0.3 is 0 Å². The van der Waals surface area contributed by atoms with Crippen LogP contribution < -0.4 is 10.2 Å². The van der Waals surface area contributed by atoms with Crippen LogP contribution in [0.1, 0.15) is 20.9 Å². The van der Waals surface area contributed by atoms with Crippen LogP contribution >= 0.6 is 11.3 Å². The van der Waals surface area contributed by atoms with Gasteiger partial charge in [-0.3, -0.25) is 4.79 Å². The van der Waals surface area contributed by atoms with Crippen LogP contribution in [-0.4, -0.2) is 36.8 Å². The molecule has 2 aromatic heterocycles. The van der Waals surface area contributed by atoms with Gasteiger partial charge in [-0.15, -0.1) is 11.3 Å². The normalized spacial score (nSPS) is 14.3. The molecule has 140 valence electrons. The van der Waals surface area contributed by atoms with Crippen LogP contribution in [0.4, 0.5) is 11.4 Å². The number of aryl methyl sites for hydroxylation is 1. The Balaban J connectivity index is 1.47. The third-order valence-electron chi connectivity index (χ3n) is 4.80. The Hall–Kier alpha value is -2.57. The van der Waals surface area contributed by atoms with Crippen molar-refractivity contribution in [1.29, 1.82) is 0 Å². The first-order valence-corrected chi connectivity index (χ1v) is 10.0. The van der Waals surface area contributed by atoms with E-state index < -0.39 is 0 Å². The Morgan fingerprint density at radius 3 is 2.78 bits per heavy atom. The fourth-order valence-corrected chi connectivity index (χ4v) is 4.02. The van der Waals surface area contributed by atoms with Crippen LogP contribution in [-0.2, 0) is 11.3 Å². The monoisotopic (exact) mass is 381 g/mol. The number of thiophene rings is 1. The summed E-state index contributed by atoms with van der Waals surface area (Å²) in [5.74, 6) is -0.0845. The number of carbonyl (C=O) groups is 1. The lowest BCUT2D eigenvalue weighted by Gasteiger charge is -2.29. The highest BCUT2D eigenvalue weighted by molar-refractivity contribution is 7.09. The van der Waals surface area contributed by atoms with Gasteiger partial charge in [0.1, 0.15) is 5.69 Å². The molecule has 1 saturated heterocycles. The maximum Gasteiger partial charge on any atom is 0.272 e. The molecule has 0 atom stereocenters. The lowest BCUT2D eigenvalue weighted by molar-refractivity contribution is 0.101. The molecule has 0 radical (unpaired) electrons. The van der Waals surface area contributed by atoms with Gasteiger partial charge in [0.05, 0.1) is 19.8 Å². The molecule has 1 aromatic carbocycles. The Morgan fingerprint density at radius 1 is 1.19 bits per heavy atom. The van der Waals surface area contributed by atoms with Crippen molar-refractivity contribution in [3.63, 3.8) is 0 Å². The molecule has 0 unspecified atom stereocenters. The minimum Gasteiger partial charge on any atom is -0.378 e. The van der Waals surface area contributed by atoms with Gasteiger partial charge in [0.15, 0.2) is 0 Å². The zero-order valence-corrected chi connectivity index (χ0v) is 16.2. The van der Waals surface area contributed by atoms with E-state index >= 15 is 0 Å². The van der Waals surface area contributed by atoms with E-state index in [0.717, 1.165) is 37.6 Å². The van der Waals surface area contributed by atoms with Crippen molar-refractivity contribution in [2.75, 3.05) is 36.5 Å². The third-order valence-corrected chi connectivity index (χ3v) is 5.66. The number of morpholine rings is 1.